The van der Waals surface area contributed by atoms with Gasteiger partial charge in [-0.1, -0.05) is 18.6 Å². The zero-order valence-electron chi connectivity index (χ0n) is 12.3. The van der Waals surface area contributed by atoms with E-state index in [2.05, 4.69) is 17.4 Å². The van der Waals surface area contributed by atoms with Crippen molar-refractivity contribution in [3.63, 3.8) is 0 Å². The molecule has 2 atom stereocenters. The predicted octanol–water partition coefficient (Wildman–Crippen LogP) is 2.49. The molecular weight excluding hydrogens is 266 g/mol. The van der Waals surface area contributed by atoms with Gasteiger partial charge in [-0.3, -0.25) is 0 Å². The first-order valence-corrected chi connectivity index (χ1v) is 7.49. The molecule has 0 spiro atoms. The van der Waals surface area contributed by atoms with Crippen LogP contribution < -0.4 is 10.1 Å². The summed E-state index contributed by atoms with van der Waals surface area (Å²) in [5, 5.41) is 12.7. The van der Waals surface area contributed by atoms with Crippen molar-refractivity contribution in [2.45, 2.75) is 37.1 Å². The largest absolute Gasteiger partial charge is 0.497 e. The summed E-state index contributed by atoms with van der Waals surface area (Å²) in [5.74, 6) is -0.0231. The molecule has 3 rings (SSSR count). The average molecular weight is 287 g/mol. The topological polar surface area (TPSA) is 58.6 Å². The quantitative estimate of drug-likeness (QED) is 0.839. The van der Waals surface area contributed by atoms with E-state index >= 15 is 0 Å². The lowest BCUT2D eigenvalue weighted by molar-refractivity contribution is -0.131. The Hall–Kier alpha value is -1.81. The van der Waals surface area contributed by atoms with Gasteiger partial charge in [-0.25, -0.2) is 4.79 Å². The van der Waals surface area contributed by atoms with Crippen LogP contribution in [0.4, 0.5) is 0 Å². The van der Waals surface area contributed by atoms with Crippen LogP contribution in [0.5, 0.6) is 5.75 Å². The first kappa shape index (κ1) is 14.1. The van der Waals surface area contributed by atoms with Crippen molar-refractivity contribution < 1.29 is 14.6 Å². The van der Waals surface area contributed by atoms with Crippen molar-refractivity contribution in [3.05, 3.63) is 41.5 Å². The van der Waals surface area contributed by atoms with E-state index in [1.54, 1.807) is 7.11 Å². The van der Waals surface area contributed by atoms with Gasteiger partial charge in [0.15, 0.2) is 0 Å². The Labute approximate surface area is 124 Å². The Morgan fingerprint density at radius 1 is 1.48 bits per heavy atom. The zero-order valence-corrected chi connectivity index (χ0v) is 12.3. The number of nitrogens with one attached hydrogen (secondary N) is 1. The number of rotatable bonds is 3. The number of carboxylic acids is 1. The van der Waals surface area contributed by atoms with E-state index in [1.807, 2.05) is 12.1 Å². The smallest absolute Gasteiger partial charge is 0.328 e. The van der Waals surface area contributed by atoms with Gasteiger partial charge in [0.1, 0.15) is 5.75 Å². The van der Waals surface area contributed by atoms with Crippen molar-refractivity contribution in [2.75, 3.05) is 13.7 Å². The van der Waals surface area contributed by atoms with E-state index in [0.29, 0.717) is 0 Å². The number of aliphatic carboxylic acids is 1. The molecule has 1 aromatic rings. The second-order valence-electron chi connectivity index (χ2n) is 5.90. The number of hydrogen-bond acceptors (Lipinski definition) is 3. The molecule has 0 amide bonds. The Bertz CT molecular complexity index is 569. The number of carboxylic acid groups (broad SMARTS) is 1. The fourth-order valence-corrected chi connectivity index (χ4v) is 3.93. The molecule has 1 heterocycles. The molecule has 1 aliphatic heterocycles. The van der Waals surface area contributed by atoms with Crippen molar-refractivity contribution in [2.24, 2.45) is 0 Å². The van der Waals surface area contributed by atoms with Gasteiger partial charge < -0.3 is 15.2 Å². The minimum absolute atomic E-state index is 0.152. The minimum atomic E-state index is -0.854. The van der Waals surface area contributed by atoms with Crippen LogP contribution in [0.3, 0.4) is 0 Å². The van der Waals surface area contributed by atoms with E-state index < -0.39 is 5.97 Å². The number of benzene rings is 1. The Kier molecular flexibility index (Phi) is 3.72. The maximum absolute atomic E-state index is 11.3. The first-order valence-electron chi connectivity index (χ1n) is 7.49. The molecule has 2 unspecified atom stereocenters. The molecule has 1 aliphatic carbocycles. The number of hydrogen-bond donors (Lipinski definition) is 2. The van der Waals surface area contributed by atoms with Crippen LogP contribution >= 0.6 is 0 Å². The Morgan fingerprint density at radius 3 is 3.10 bits per heavy atom. The van der Waals surface area contributed by atoms with Gasteiger partial charge in [0.05, 0.1) is 7.11 Å². The summed E-state index contributed by atoms with van der Waals surface area (Å²) in [7, 11) is 1.66. The number of carbonyl (C=O) groups is 1. The molecule has 2 aliphatic rings. The number of methoxy groups -OCH3 is 1. The van der Waals surface area contributed by atoms with Crippen LogP contribution in [-0.2, 0) is 10.2 Å². The molecule has 0 radical (unpaired) electrons. The van der Waals surface area contributed by atoms with Crippen molar-refractivity contribution in [3.8, 4) is 5.75 Å². The normalized spacial score (nSPS) is 30.1. The molecule has 1 saturated carbocycles. The molecule has 4 nitrogen and oxygen atoms in total. The van der Waals surface area contributed by atoms with Gasteiger partial charge in [0.25, 0.3) is 0 Å². The van der Waals surface area contributed by atoms with Gasteiger partial charge in [-0.2, -0.15) is 0 Å². The van der Waals surface area contributed by atoms with Crippen LogP contribution in [0.25, 0.3) is 0 Å². The van der Waals surface area contributed by atoms with E-state index in [4.69, 9.17) is 4.74 Å². The second kappa shape index (κ2) is 5.53. The van der Waals surface area contributed by atoms with Gasteiger partial charge in [0, 0.05) is 17.5 Å². The molecule has 2 bridgehead atoms. The summed E-state index contributed by atoms with van der Waals surface area (Å²) < 4.78 is 5.34. The lowest BCUT2D eigenvalue weighted by atomic mass is 9.60. The van der Waals surface area contributed by atoms with Crippen LogP contribution in [0.2, 0.25) is 0 Å². The fraction of sp³-hybridized carbons (Fsp3) is 0.471. The summed E-state index contributed by atoms with van der Waals surface area (Å²) >= 11 is 0. The summed E-state index contributed by atoms with van der Waals surface area (Å²) in [4.78, 5) is 11.3. The lowest BCUT2D eigenvalue weighted by Crippen LogP contribution is -2.52. The summed E-state index contributed by atoms with van der Waals surface area (Å²) in [6.07, 6.45) is 5.51. The van der Waals surface area contributed by atoms with Gasteiger partial charge >= 0.3 is 5.97 Å². The highest BCUT2D eigenvalue weighted by Gasteiger charge is 2.45. The summed E-state index contributed by atoms with van der Waals surface area (Å²) in [6.45, 7) is 0.929. The number of piperidine rings is 1. The lowest BCUT2D eigenvalue weighted by Gasteiger charge is -2.48. The Morgan fingerprint density at radius 2 is 2.33 bits per heavy atom. The molecule has 0 aromatic heterocycles. The van der Waals surface area contributed by atoms with Gasteiger partial charge in [-0.05, 0) is 49.1 Å². The molecule has 4 heteroatoms. The van der Waals surface area contributed by atoms with Crippen molar-refractivity contribution >= 4 is 5.97 Å². The number of fused-ring (bicyclic) bond motifs is 2. The monoisotopic (exact) mass is 287 g/mol. The molecule has 2 N–H and O–H groups in total. The fourth-order valence-electron chi connectivity index (χ4n) is 3.93. The third kappa shape index (κ3) is 2.44. The molecule has 21 heavy (non-hydrogen) atoms. The SMILES string of the molecule is COc1cccc(C23CCCC(NCC2)/C3=C/C(=O)O)c1. The summed E-state index contributed by atoms with van der Waals surface area (Å²) in [5.41, 5.74) is 2.06. The van der Waals surface area contributed by atoms with Crippen LogP contribution in [-0.4, -0.2) is 30.8 Å². The zero-order chi connectivity index (χ0) is 14.9. The summed E-state index contributed by atoms with van der Waals surface area (Å²) in [6, 6.07) is 8.28. The van der Waals surface area contributed by atoms with Crippen LogP contribution in [0.15, 0.2) is 35.9 Å². The standard InChI is InChI=1S/C17H21NO3/c1-21-13-5-2-4-12(10-13)17-7-3-6-15(18-9-8-17)14(17)11-16(19)20/h2,4-5,10-11,15,18H,3,6-9H2,1H3,(H,19,20)/b14-11-. The minimum Gasteiger partial charge on any atom is -0.497 e. The van der Waals surface area contributed by atoms with Crippen LogP contribution in [0.1, 0.15) is 31.2 Å². The molecule has 2 fully saturated rings. The molecule has 1 aromatic carbocycles. The van der Waals surface area contributed by atoms with E-state index in [-0.39, 0.29) is 11.5 Å². The highest BCUT2D eigenvalue weighted by Crippen LogP contribution is 2.48. The van der Waals surface area contributed by atoms with Crippen LogP contribution in [0, 0.1) is 0 Å². The maximum atomic E-state index is 11.3. The van der Waals surface area contributed by atoms with Gasteiger partial charge in [-0.15, -0.1) is 0 Å². The van der Waals surface area contributed by atoms with E-state index in [9.17, 15) is 9.90 Å². The van der Waals surface area contributed by atoms with Crippen molar-refractivity contribution in [1.82, 2.24) is 5.32 Å². The maximum Gasteiger partial charge on any atom is 0.328 e. The third-order valence-corrected chi connectivity index (χ3v) is 4.87. The molecular formula is C17H21NO3. The number of ether oxygens (including phenoxy) is 1. The predicted molar refractivity (Wildman–Crippen MR) is 80.6 cm³/mol. The highest BCUT2D eigenvalue weighted by molar-refractivity contribution is 5.82. The molecule has 112 valence electrons. The average Bonchev–Trinajstić information content (AvgIpc) is 2.47. The third-order valence-electron chi connectivity index (χ3n) is 4.87. The van der Waals surface area contributed by atoms with Gasteiger partial charge in [0.2, 0.25) is 0 Å². The van der Waals surface area contributed by atoms with E-state index in [1.165, 1.54) is 11.6 Å². The van der Waals surface area contributed by atoms with Crippen molar-refractivity contribution in [1.29, 1.82) is 0 Å². The first-order chi connectivity index (χ1) is 10.2. The molecule has 1 saturated heterocycles. The highest BCUT2D eigenvalue weighted by atomic mass is 16.5. The Balaban J connectivity index is 2.11. The second-order valence-corrected chi connectivity index (χ2v) is 5.90. The van der Waals surface area contributed by atoms with E-state index in [0.717, 1.165) is 43.6 Å².